The molecule has 1 N–H and O–H groups in total. The fourth-order valence-corrected chi connectivity index (χ4v) is 6.59. The van der Waals surface area contributed by atoms with Gasteiger partial charge in [0.1, 0.15) is 0 Å². The minimum absolute atomic E-state index is 0.221. The van der Waals surface area contributed by atoms with Crippen molar-refractivity contribution in [3.63, 3.8) is 0 Å². The molecule has 1 heteroatoms. The maximum atomic E-state index is 9.37. The third-order valence-corrected chi connectivity index (χ3v) is 7.84. The lowest BCUT2D eigenvalue weighted by atomic mass is 9.48. The average Bonchev–Trinajstić information content (AvgIpc) is 2.84. The second-order valence-corrected chi connectivity index (χ2v) is 8.54. The minimum Gasteiger partial charge on any atom is -0.392 e. The van der Waals surface area contributed by atoms with Crippen LogP contribution in [0.25, 0.3) is 0 Å². The number of aliphatic hydroxyl groups excluding tert-OH is 1. The molecular formula is C21H30O. The van der Waals surface area contributed by atoms with Crippen LogP contribution in [0.4, 0.5) is 0 Å². The van der Waals surface area contributed by atoms with E-state index in [-0.39, 0.29) is 6.61 Å². The predicted molar refractivity (Wildman–Crippen MR) is 91.4 cm³/mol. The fraction of sp³-hybridized carbons (Fsp3) is 0.714. The van der Waals surface area contributed by atoms with Crippen LogP contribution < -0.4 is 0 Å². The first kappa shape index (κ1) is 14.8. The molecule has 0 radical (unpaired) electrons. The first-order chi connectivity index (χ1) is 10.6. The Kier molecular flexibility index (Phi) is 3.41. The van der Waals surface area contributed by atoms with E-state index in [0.717, 1.165) is 17.8 Å². The maximum Gasteiger partial charge on any atom is 0.0615 e. The Morgan fingerprint density at radius 1 is 1.18 bits per heavy atom. The van der Waals surface area contributed by atoms with Crippen LogP contribution in [-0.2, 0) is 0 Å². The van der Waals surface area contributed by atoms with Crippen molar-refractivity contribution in [2.45, 2.75) is 58.8 Å². The molecule has 0 spiro atoms. The van der Waals surface area contributed by atoms with Crippen LogP contribution in [0.1, 0.15) is 58.8 Å². The zero-order chi connectivity index (χ0) is 15.4. The van der Waals surface area contributed by atoms with Gasteiger partial charge in [-0.15, -0.1) is 0 Å². The van der Waals surface area contributed by atoms with Gasteiger partial charge < -0.3 is 5.11 Å². The van der Waals surface area contributed by atoms with Gasteiger partial charge in [0, 0.05) is 0 Å². The van der Waals surface area contributed by atoms with Crippen LogP contribution in [0.2, 0.25) is 0 Å². The predicted octanol–water partition coefficient (Wildman–Crippen LogP) is 5.03. The van der Waals surface area contributed by atoms with Gasteiger partial charge in [-0.25, -0.2) is 0 Å². The summed E-state index contributed by atoms with van der Waals surface area (Å²) >= 11 is 0. The Hall–Kier alpha value is -0.820. The quantitative estimate of drug-likeness (QED) is 0.673. The summed E-state index contributed by atoms with van der Waals surface area (Å²) in [6, 6.07) is 0. The second-order valence-electron chi connectivity index (χ2n) is 8.54. The van der Waals surface area contributed by atoms with Crippen LogP contribution >= 0.6 is 0 Å². The van der Waals surface area contributed by atoms with Gasteiger partial charge in [0.25, 0.3) is 0 Å². The van der Waals surface area contributed by atoms with Crippen LogP contribution in [-0.4, -0.2) is 11.7 Å². The van der Waals surface area contributed by atoms with Crippen molar-refractivity contribution < 1.29 is 5.11 Å². The molecular weight excluding hydrogens is 268 g/mol. The molecule has 0 unspecified atom stereocenters. The molecule has 0 saturated heterocycles. The Labute approximate surface area is 135 Å². The van der Waals surface area contributed by atoms with Crippen molar-refractivity contribution in [3.05, 3.63) is 35.5 Å². The van der Waals surface area contributed by atoms with Crippen molar-refractivity contribution in [1.82, 2.24) is 0 Å². The van der Waals surface area contributed by atoms with Crippen LogP contribution in [0.3, 0.4) is 0 Å². The number of fused-ring (bicyclic) bond motifs is 5. The van der Waals surface area contributed by atoms with Crippen molar-refractivity contribution in [3.8, 4) is 0 Å². The van der Waals surface area contributed by atoms with E-state index in [1.165, 1.54) is 44.9 Å². The first-order valence-corrected chi connectivity index (χ1v) is 9.27. The van der Waals surface area contributed by atoms with Gasteiger partial charge in [-0.2, -0.15) is 0 Å². The average molecular weight is 298 g/mol. The number of hydrogen-bond donors (Lipinski definition) is 1. The minimum atomic E-state index is 0.221. The van der Waals surface area contributed by atoms with E-state index in [0.29, 0.717) is 10.8 Å². The van der Waals surface area contributed by atoms with Gasteiger partial charge in [-0.1, -0.05) is 43.7 Å². The van der Waals surface area contributed by atoms with Crippen LogP contribution in [0.15, 0.2) is 35.5 Å². The van der Waals surface area contributed by atoms with Gasteiger partial charge in [-0.05, 0) is 79.1 Å². The molecule has 0 amide bonds. The summed E-state index contributed by atoms with van der Waals surface area (Å²) in [4.78, 5) is 0. The molecule has 5 atom stereocenters. The monoisotopic (exact) mass is 298 g/mol. The lowest BCUT2D eigenvalue weighted by molar-refractivity contribution is -0.00589. The Balaban J connectivity index is 1.70. The third kappa shape index (κ3) is 1.87. The van der Waals surface area contributed by atoms with Crippen LogP contribution in [0, 0.1) is 28.6 Å². The molecule has 2 fully saturated rings. The Morgan fingerprint density at radius 2 is 2.00 bits per heavy atom. The van der Waals surface area contributed by atoms with Crippen molar-refractivity contribution in [2.24, 2.45) is 28.6 Å². The molecule has 0 aromatic carbocycles. The van der Waals surface area contributed by atoms with E-state index in [2.05, 4.69) is 38.2 Å². The highest BCUT2D eigenvalue weighted by Gasteiger charge is 2.56. The van der Waals surface area contributed by atoms with Gasteiger partial charge in [0.05, 0.1) is 6.61 Å². The Morgan fingerprint density at radius 3 is 2.82 bits per heavy atom. The summed E-state index contributed by atoms with van der Waals surface area (Å²) in [6.07, 6.45) is 18.6. The van der Waals surface area contributed by atoms with E-state index in [1.54, 1.807) is 11.1 Å². The summed E-state index contributed by atoms with van der Waals surface area (Å²) in [5.74, 6) is 2.58. The van der Waals surface area contributed by atoms with E-state index in [4.69, 9.17) is 0 Å². The lowest BCUT2D eigenvalue weighted by Gasteiger charge is -2.56. The molecule has 0 aliphatic heterocycles. The molecule has 4 rings (SSSR count). The fourth-order valence-electron chi connectivity index (χ4n) is 6.59. The first-order valence-electron chi connectivity index (χ1n) is 9.27. The number of allylic oxidation sites excluding steroid dienone is 5. The molecule has 0 bridgehead atoms. The van der Waals surface area contributed by atoms with Gasteiger partial charge in [-0.3, -0.25) is 0 Å². The second kappa shape index (κ2) is 5.09. The highest BCUT2D eigenvalue weighted by Crippen LogP contribution is 2.65. The molecule has 0 heterocycles. The van der Waals surface area contributed by atoms with E-state index in [9.17, 15) is 5.11 Å². The van der Waals surface area contributed by atoms with Crippen molar-refractivity contribution in [2.75, 3.05) is 6.61 Å². The van der Waals surface area contributed by atoms with Crippen molar-refractivity contribution in [1.29, 1.82) is 0 Å². The highest BCUT2D eigenvalue weighted by molar-refractivity contribution is 5.35. The summed E-state index contributed by atoms with van der Waals surface area (Å²) in [6.45, 7) is 5.25. The smallest absolute Gasteiger partial charge is 0.0615 e. The Bertz CT molecular complexity index is 554. The number of hydrogen-bond acceptors (Lipinski definition) is 1. The molecule has 0 aromatic heterocycles. The molecule has 22 heavy (non-hydrogen) atoms. The zero-order valence-corrected chi connectivity index (χ0v) is 14.1. The summed E-state index contributed by atoms with van der Waals surface area (Å²) in [7, 11) is 0. The largest absolute Gasteiger partial charge is 0.392 e. The van der Waals surface area contributed by atoms with Crippen LogP contribution in [0.5, 0.6) is 0 Å². The van der Waals surface area contributed by atoms with E-state index in [1.807, 2.05) is 0 Å². The standard InChI is InChI=1S/C21H30O/c1-20-12-4-3-5-15(20)6-8-17-18-9-7-16(11-14-22)21(18,2)13-10-19(17)20/h3,5-6,11,17-19,22H,4,7-10,12-14H2,1-2H3/t17-,18-,19-,20-,21+/m0/s1. The third-order valence-electron chi connectivity index (χ3n) is 7.84. The summed E-state index contributed by atoms with van der Waals surface area (Å²) in [5, 5.41) is 9.37. The summed E-state index contributed by atoms with van der Waals surface area (Å²) in [5.41, 5.74) is 3.99. The molecule has 1 nitrogen and oxygen atoms in total. The van der Waals surface area contributed by atoms with Crippen molar-refractivity contribution >= 4 is 0 Å². The molecule has 4 aliphatic rings. The SMILES string of the molecule is C[C@]12CCC=CC1=CC[C@@H]1[C@@H]2CC[C@]2(C)C(=CCO)CC[C@@H]12. The maximum absolute atomic E-state index is 9.37. The van der Waals surface area contributed by atoms with Gasteiger partial charge in [0.15, 0.2) is 0 Å². The van der Waals surface area contributed by atoms with E-state index < -0.39 is 0 Å². The number of aliphatic hydroxyl groups is 1. The zero-order valence-electron chi connectivity index (χ0n) is 14.1. The van der Waals surface area contributed by atoms with E-state index >= 15 is 0 Å². The summed E-state index contributed by atoms with van der Waals surface area (Å²) < 4.78 is 0. The van der Waals surface area contributed by atoms with Gasteiger partial charge in [0.2, 0.25) is 0 Å². The molecule has 2 saturated carbocycles. The topological polar surface area (TPSA) is 20.2 Å². The molecule has 120 valence electrons. The molecule has 0 aromatic rings. The number of rotatable bonds is 1. The lowest BCUT2D eigenvalue weighted by Crippen LogP contribution is -2.48. The highest BCUT2D eigenvalue weighted by atomic mass is 16.2. The molecule has 4 aliphatic carbocycles. The normalized spacial score (nSPS) is 48.6. The van der Waals surface area contributed by atoms with Gasteiger partial charge >= 0.3 is 0 Å².